The van der Waals surface area contributed by atoms with E-state index in [0.29, 0.717) is 6.04 Å². The molecule has 0 spiro atoms. The number of aromatic nitrogens is 1. The molecular weight excluding hydrogens is 202 g/mol. The van der Waals surface area contributed by atoms with Crippen molar-refractivity contribution in [1.29, 1.82) is 0 Å². The highest BCUT2D eigenvalue weighted by Gasteiger charge is 2.30. The molecule has 1 aromatic carbocycles. The summed E-state index contributed by atoms with van der Waals surface area (Å²) in [5.74, 6) is 0. The van der Waals surface area contributed by atoms with Crippen molar-refractivity contribution in [2.45, 2.75) is 18.9 Å². The van der Waals surface area contributed by atoms with Crippen LogP contribution in [-0.2, 0) is 0 Å². The van der Waals surface area contributed by atoms with Gasteiger partial charge in [0.25, 0.3) is 0 Å². The van der Waals surface area contributed by atoms with E-state index in [1.807, 2.05) is 0 Å². The van der Waals surface area contributed by atoms with E-state index < -0.39 is 0 Å². The fraction of sp³-hybridized carbons (Fsp3) is 0.417. The summed E-state index contributed by atoms with van der Waals surface area (Å²) in [4.78, 5) is 6.72. The zero-order valence-corrected chi connectivity index (χ0v) is 8.94. The number of oxazole rings is 1. The average molecular weight is 215 g/mol. The molecular formula is C12H13N3O. The SMILES string of the molecule is c1nc2cc3c(cc2o1)NCC1CCCN31. The summed E-state index contributed by atoms with van der Waals surface area (Å²) >= 11 is 0. The molecule has 82 valence electrons. The molecule has 0 amide bonds. The third kappa shape index (κ3) is 1.01. The van der Waals surface area contributed by atoms with Crippen LogP contribution in [0.3, 0.4) is 0 Å². The number of anilines is 2. The highest BCUT2D eigenvalue weighted by molar-refractivity contribution is 5.88. The number of fused-ring (bicyclic) bond motifs is 4. The van der Waals surface area contributed by atoms with Gasteiger partial charge in [0.2, 0.25) is 0 Å². The molecule has 4 rings (SSSR count). The van der Waals surface area contributed by atoms with Crippen molar-refractivity contribution in [3.05, 3.63) is 18.5 Å². The van der Waals surface area contributed by atoms with E-state index in [-0.39, 0.29) is 0 Å². The first-order valence-electron chi connectivity index (χ1n) is 5.79. The van der Waals surface area contributed by atoms with Crippen LogP contribution < -0.4 is 10.2 Å². The zero-order chi connectivity index (χ0) is 10.5. The maximum absolute atomic E-state index is 5.33. The molecule has 4 heteroatoms. The van der Waals surface area contributed by atoms with Crippen LogP contribution in [-0.4, -0.2) is 24.1 Å². The topological polar surface area (TPSA) is 41.3 Å². The Labute approximate surface area is 93.2 Å². The third-order valence-corrected chi connectivity index (χ3v) is 3.66. The second-order valence-electron chi connectivity index (χ2n) is 4.56. The molecule has 3 heterocycles. The lowest BCUT2D eigenvalue weighted by molar-refractivity contribution is 0.602. The number of nitrogens with zero attached hydrogens (tertiary/aromatic N) is 2. The monoisotopic (exact) mass is 215 g/mol. The van der Waals surface area contributed by atoms with Crippen molar-refractivity contribution < 1.29 is 4.42 Å². The molecule has 0 saturated carbocycles. The Hall–Kier alpha value is -1.71. The molecule has 0 radical (unpaired) electrons. The summed E-state index contributed by atoms with van der Waals surface area (Å²) in [6.07, 6.45) is 4.10. The van der Waals surface area contributed by atoms with Crippen LogP contribution in [0.1, 0.15) is 12.8 Å². The number of rotatable bonds is 0. The lowest BCUT2D eigenvalue weighted by Gasteiger charge is -2.34. The summed E-state index contributed by atoms with van der Waals surface area (Å²) in [5, 5.41) is 3.49. The molecule has 2 aliphatic heterocycles. The van der Waals surface area contributed by atoms with Gasteiger partial charge in [-0.3, -0.25) is 0 Å². The summed E-state index contributed by atoms with van der Waals surface area (Å²) < 4.78 is 5.33. The maximum Gasteiger partial charge on any atom is 0.181 e. The summed E-state index contributed by atoms with van der Waals surface area (Å²) in [6.45, 7) is 2.22. The normalized spacial score (nSPS) is 23.0. The van der Waals surface area contributed by atoms with Crippen molar-refractivity contribution in [1.82, 2.24) is 4.98 Å². The van der Waals surface area contributed by atoms with Gasteiger partial charge in [-0.1, -0.05) is 0 Å². The quantitative estimate of drug-likeness (QED) is 0.731. The summed E-state index contributed by atoms with van der Waals surface area (Å²) in [6, 6.07) is 4.86. The predicted octanol–water partition coefficient (Wildman–Crippen LogP) is 2.22. The van der Waals surface area contributed by atoms with Gasteiger partial charge in [-0.25, -0.2) is 4.98 Å². The van der Waals surface area contributed by atoms with Gasteiger partial charge in [-0.15, -0.1) is 0 Å². The van der Waals surface area contributed by atoms with Gasteiger partial charge in [0.15, 0.2) is 12.0 Å². The Morgan fingerprint density at radius 2 is 2.44 bits per heavy atom. The molecule has 1 fully saturated rings. The van der Waals surface area contributed by atoms with Crippen LogP contribution in [0.4, 0.5) is 11.4 Å². The van der Waals surface area contributed by atoms with E-state index in [2.05, 4.69) is 27.3 Å². The van der Waals surface area contributed by atoms with E-state index in [9.17, 15) is 0 Å². The van der Waals surface area contributed by atoms with Gasteiger partial charge in [0, 0.05) is 25.2 Å². The molecule has 1 atom stereocenters. The van der Waals surface area contributed by atoms with Crippen molar-refractivity contribution in [2.75, 3.05) is 23.3 Å². The third-order valence-electron chi connectivity index (χ3n) is 3.66. The smallest absolute Gasteiger partial charge is 0.181 e. The van der Waals surface area contributed by atoms with Gasteiger partial charge in [-0.2, -0.15) is 0 Å². The minimum Gasteiger partial charge on any atom is -0.443 e. The minimum absolute atomic E-state index is 0.664. The Balaban J connectivity index is 1.93. The molecule has 0 aliphatic carbocycles. The molecule has 1 N–H and O–H groups in total. The van der Waals surface area contributed by atoms with Crippen molar-refractivity contribution >= 4 is 22.5 Å². The van der Waals surface area contributed by atoms with Crippen LogP contribution in [0, 0.1) is 0 Å². The van der Waals surface area contributed by atoms with E-state index in [1.54, 1.807) is 0 Å². The second kappa shape index (κ2) is 2.90. The molecule has 0 bridgehead atoms. The van der Waals surface area contributed by atoms with Crippen molar-refractivity contribution in [3.8, 4) is 0 Å². The van der Waals surface area contributed by atoms with Crippen LogP contribution in [0.25, 0.3) is 11.1 Å². The van der Waals surface area contributed by atoms with Crippen molar-refractivity contribution in [2.24, 2.45) is 0 Å². The van der Waals surface area contributed by atoms with E-state index in [1.165, 1.54) is 37.2 Å². The van der Waals surface area contributed by atoms with Gasteiger partial charge < -0.3 is 14.6 Å². The largest absolute Gasteiger partial charge is 0.443 e. The average Bonchev–Trinajstić information content (AvgIpc) is 2.94. The fourth-order valence-corrected chi connectivity index (χ4v) is 2.86. The lowest BCUT2D eigenvalue weighted by atomic mass is 10.1. The first-order valence-corrected chi connectivity index (χ1v) is 5.79. The van der Waals surface area contributed by atoms with E-state index in [4.69, 9.17) is 4.42 Å². The highest BCUT2D eigenvalue weighted by atomic mass is 16.3. The van der Waals surface area contributed by atoms with E-state index in [0.717, 1.165) is 17.6 Å². The highest BCUT2D eigenvalue weighted by Crippen LogP contribution is 2.38. The molecule has 2 aliphatic rings. The van der Waals surface area contributed by atoms with Crippen LogP contribution in [0.5, 0.6) is 0 Å². The zero-order valence-electron chi connectivity index (χ0n) is 8.94. The summed E-state index contributed by atoms with van der Waals surface area (Å²) in [7, 11) is 0. The Morgan fingerprint density at radius 3 is 3.44 bits per heavy atom. The Bertz CT molecular complexity index is 548. The molecule has 2 aromatic rings. The van der Waals surface area contributed by atoms with Crippen LogP contribution in [0.15, 0.2) is 22.9 Å². The van der Waals surface area contributed by atoms with Crippen LogP contribution >= 0.6 is 0 Å². The van der Waals surface area contributed by atoms with Crippen molar-refractivity contribution in [3.63, 3.8) is 0 Å². The standard InChI is InChI=1S/C12H13N3O/c1-2-8-6-13-9-5-12-10(14-7-16-12)4-11(9)15(8)3-1/h4-5,7-8,13H,1-3,6H2. The van der Waals surface area contributed by atoms with Gasteiger partial charge in [0.1, 0.15) is 5.52 Å². The second-order valence-corrected chi connectivity index (χ2v) is 4.56. The first-order chi connectivity index (χ1) is 7.92. The molecule has 1 unspecified atom stereocenters. The number of hydrogen-bond donors (Lipinski definition) is 1. The molecule has 1 saturated heterocycles. The fourth-order valence-electron chi connectivity index (χ4n) is 2.86. The molecule has 1 aromatic heterocycles. The van der Waals surface area contributed by atoms with Gasteiger partial charge in [-0.05, 0) is 18.9 Å². The maximum atomic E-state index is 5.33. The number of hydrogen-bond acceptors (Lipinski definition) is 4. The lowest BCUT2D eigenvalue weighted by Crippen LogP contribution is -2.39. The van der Waals surface area contributed by atoms with Gasteiger partial charge >= 0.3 is 0 Å². The molecule has 4 nitrogen and oxygen atoms in total. The van der Waals surface area contributed by atoms with Gasteiger partial charge in [0.05, 0.1) is 11.4 Å². The predicted molar refractivity (Wildman–Crippen MR) is 62.9 cm³/mol. The number of benzene rings is 1. The molecule has 16 heavy (non-hydrogen) atoms. The van der Waals surface area contributed by atoms with Crippen LogP contribution in [0.2, 0.25) is 0 Å². The Kier molecular flexibility index (Phi) is 1.53. The Morgan fingerprint density at radius 1 is 1.44 bits per heavy atom. The summed E-state index contributed by atoms with van der Waals surface area (Å²) in [5.41, 5.74) is 4.29. The van der Waals surface area contributed by atoms with E-state index >= 15 is 0 Å². The minimum atomic E-state index is 0.664. The first kappa shape index (κ1) is 8.44. The number of nitrogens with one attached hydrogen (secondary N) is 1.